The number of oxime groups is 1. The molecule has 1 aromatic rings. The van der Waals surface area contributed by atoms with Crippen LogP contribution in [0.2, 0.25) is 4.34 Å². The van der Waals surface area contributed by atoms with Crippen molar-refractivity contribution in [2.75, 3.05) is 37.5 Å². The molecule has 1 aromatic heterocycles. The van der Waals surface area contributed by atoms with Gasteiger partial charge in [0.2, 0.25) is 0 Å². The molecule has 0 radical (unpaired) electrons. The number of rotatable bonds is 11. The Morgan fingerprint density at radius 1 is 1.45 bits per heavy atom. The summed E-state index contributed by atoms with van der Waals surface area (Å²) >= 11 is 9.75. The van der Waals surface area contributed by atoms with Gasteiger partial charge in [-0.05, 0) is 29.9 Å². The number of nitrogens with one attached hydrogen (secondary N) is 2. The van der Waals surface area contributed by atoms with Crippen molar-refractivity contribution < 1.29 is 29.4 Å². The largest absolute Gasteiger partial charge is 0.477 e. The van der Waals surface area contributed by atoms with Gasteiger partial charge >= 0.3 is 5.97 Å². The summed E-state index contributed by atoms with van der Waals surface area (Å²) in [4.78, 5) is 45.0. The Morgan fingerprint density at radius 3 is 2.88 bits per heavy atom. The number of allylic oxidation sites excluding steroid dienone is 1. The number of carboxylic acid groups (broad SMARTS) is 1. The summed E-state index contributed by atoms with van der Waals surface area (Å²) in [5, 5.41) is 34.3. The molecule has 13 nitrogen and oxygen atoms in total. The number of amidine groups is 1. The number of thioether (sulfide) groups is 2. The topological polar surface area (TPSA) is 195 Å². The average molecular weight is 630 g/mol. The summed E-state index contributed by atoms with van der Waals surface area (Å²) in [6.45, 7) is 1.35. The number of aromatic nitrogens is 1. The predicted molar refractivity (Wildman–Crippen MR) is 155 cm³/mol. The fourth-order valence-electron chi connectivity index (χ4n) is 4.65. The number of carbonyl (C=O) groups excluding carboxylic acids is 2. The average Bonchev–Trinajstić information content (AvgIpc) is 3.53. The number of β-lactam (4-membered cyclic amide) rings is 1. The smallest absolute Gasteiger partial charge is 0.352 e. The first-order valence-electron chi connectivity index (χ1n) is 12.1. The van der Waals surface area contributed by atoms with Gasteiger partial charge in [0.15, 0.2) is 10.8 Å². The van der Waals surface area contributed by atoms with Crippen molar-refractivity contribution in [3.63, 3.8) is 0 Å². The highest BCUT2D eigenvalue weighted by Gasteiger charge is 2.54. The molecule has 17 heteroatoms. The second-order valence-corrected chi connectivity index (χ2v) is 12.7. The van der Waals surface area contributed by atoms with Gasteiger partial charge in [-0.2, -0.15) is 0 Å². The van der Waals surface area contributed by atoms with Crippen LogP contribution in [-0.2, 0) is 19.1 Å². The summed E-state index contributed by atoms with van der Waals surface area (Å²) in [5.41, 5.74) is 5.32. The van der Waals surface area contributed by atoms with E-state index in [9.17, 15) is 24.7 Å². The number of aliphatic carboxylic acids is 1. The Kier molecular flexibility index (Phi) is 9.99. The predicted octanol–water partition coefficient (Wildman–Crippen LogP) is 2.02. The molecule has 0 spiro atoms. The van der Waals surface area contributed by atoms with E-state index in [-0.39, 0.29) is 26.9 Å². The number of nitrogen functional groups attached to an aromatic ring is 1. The van der Waals surface area contributed by atoms with E-state index in [4.69, 9.17) is 27.5 Å². The number of halogens is 1. The number of thiazole rings is 1. The highest BCUT2D eigenvalue weighted by atomic mass is 35.5. The van der Waals surface area contributed by atoms with Gasteiger partial charge in [-0.15, -0.1) is 23.5 Å². The number of amides is 2. The van der Waals surface area contributed by atoms with Crippen molar-refractivity contribution >= 4 is 80.9 Å². The first kappa shape index (κ1) is 30.2. The van der Waals surface area contributed by atoms with Gasteiger partial charge in [-0.25, -0.2) is 9.78 Å². The first-order chi connectivity index (χ1) is 19.2. The number of nitrogens with two attached hydrogens (primary N) is 1. The third-order valence-corrected chi connectivity index (χ3v) is 9.84. The van der Waals surface area contributed by atoms with Gasteiger partial charge in [0.1, 0.15) is 27.1 Å². The molecule has 2 saturated heterocycles. The van der Waals surface area contributed by atoms with E-state index in [1.54, 1.807) is 13.2 Å². The van der Waals surface area contributed by atoms with Gasteiger partial charge in [-0.1, -0.05) is 28.1 Å². The quantitative estimate of drug-likeness (QED) is 0.0790. The molecule has 3 aliphatic heterocycles. The highest BCUT2D eigenvalue weighted by Crippen LogP contribution is 2.41. The number of fused-ring (bicyclic) bond motifs is 1. The maximum absolute atomic E-state index is 13.0. The lowest BCUT2D eigenvalue weighted by molar-refractivity contribution is -0.150. The van der Waals surface area contributed by atoms with E-state index in [1.807, 2.05) is 5.41 Å². The van der Waals surface area contributed by atoms with Crippen LogP contribution in [0.3, 0.4) is 0 Å². The summed E-state index contributed by atoms with van der Waals surface area (Å²) in [5.74, 6) is -1.12. The molecule has 0 unspecified atom stereocenters. The molecular formula is C23H28ClN7O6S3. The van der Waals surface area contributed by atoms with Crippen molar-refractivity contribution in [1.29, 1.82) is 5.41 Å². The van der Waals surface area contributed by atoms with Crippen LogP contribution in [-0.4, -0.2) is 104 Å². The lowest BCUT2D eigenvalue weighted by Crippen LogP contribution is -2.71. The maximum Gasteiger partial charge on any atom is 0.352 e. The van der Waals surface area contributed by atoms with Gasteiger partial charge in [0, 0.05) is 37.6 Å². The minimum absolute atomic E-state index is 0.0458. The Bertz CT molecular complexity index is 1290. The molecule has 0 aliphatic carbocycles. The van der Waals surface area contributed by atoms with Crippen LogP contribution in [0.4, 0.5) is 5.13 Å². The van der Waals surface area contributed by atoms with Crippen LogP contribution < -0.4 is 11.1 Å². The van der Waals surface area contributed by atoms with Crippen LogP contribution in [0, 0.1) is 5.41 Å². The summed E-state index contributed by atoms with van der Waals surface area (Å²) in [7, 11) is 1.62. The second-order valence-electron chi connectivity index (χ2n) is 8.98. The number of hydrogen-bond acceptors (Lipinski definition) is 12. The molecule has 216 valence electrons. The van der Waals surface area contributed by atoms with E-state index >= 15 is 0 Å². The SMILES string of the molecule is COCCC(=N)N1CCC[C@H]1CSC=CC1=C(C(=O)O)N2C(=O)[C@@H](NC(=O)/C(=N\O)c3nc(N)sc3Cl)[C@H]2SC1. The van der Waals surface area contributed by atoms with Crippen molar-refractivity contribution in [2.45, 2.75) is 36.7 Å². The van der Waals surface area contributed by atoms with Crippen LogP contribution in [0.15, 0.2) is 27.9 Å². The Balaban J connectivity index is 1.39. The maximum atomic E-state index is 13.0. The third kappa shape index (κ3) is 6.25. The van der Waals surface area contributed by atoms with Crippen LogP contribution >= 0.6 is 46.5 Å². The highest BCUT2D eigenvalue weighted by molar-refractivity contribution is 8.02. The number of carbonyl (C=O) groups is 3. The van der Waals surface area contributed by atoms with E-state index in [2.05, 4.69) is 20.4 Å². The Morgan fingerprint density at radius 2 is 2.23 bits per heavy atom. The molecule has 0 aromatic carbocycles. The van der Waals surface area contributed by atoms with Crippen LogP contribution in [0.5, 0.6) is 0 Å². The fourth-order valence-corrected chi connectivity index (χ4v) is 7.83. The standard InChI is InChI=1S/C23H28ClN7O6S3/c1-37-7-4-13(25)30-6-2-3-12(30)10-38-8-5-11-9-39-21-16(20(33)31(21)17(11)22(34)35)27-19(32)15(29-36)14-18(24)40-23(26)28-14/h5,8,12,16,21,25,36H,2-4,6-7,9-10H2,1H3,(H2,26,28)(H,27,32)(H,34,35)/b8-5?,25-13?,29-15-/t12-,16+,21+/m0/s1. The van der Waals surface area contributed by atoms with Gasteiger partial charge in [0.05, 0.1) is 12.4 Å². The molecular weight excluding hydrogens is 602 g/mol. The second kappa shape index (κ2) is 13.2. The first-order valence-corrected chi connectivity index (χ1v) is 15.4. The van der Waals surface area contributed by atoms with Crippen molar-refractivity contribution in [2.24, 2.45) is 5.16 Å². The molecule has 3 aliphatic rings. The molecule has 0 bridgehead atoms. The Hall–Kier alpha value is -2.79. The number of hydrogen-bond donors (Lipinski definition) is 5. The number of ether oxygens (including phenoxy) is 1. The molecule has 2 fully saturated rings. The van der Waals surface area contributed by atoms with Gasteiger partial charge in [0.25, 0.3) is 11.8 Å². The molecule has 2 amide bonds. The molecule has 4 heterocycles. The molecule has 4 rings (SSSR count). The number of carboxylic acids is 1. The Labute approximate surface area is 247 Å². The summed E-state index contributed by atoms with van der Waals surface area (Å²) in [6.07, 6.45) is 4.27. The zero-order chi connectivity index (χ0) is 29.0. The molecule has 40 heavy (non-hydrogen) atoms. The number of likely N-dealkylation sites (tertiary alicyclic amines) is 1. The van der Waals surface area contributed by atoms with Gasteiger partial charge in [-0.3, -0.25) is 19.9 Å². The van der Waals surface area contributed by atoms with Crippen LogP contribution in [0.25, 0.3) is 0 Å². The number of nitrogens with zero attached hydrogens (tertiary/aromatic N) is 4. The zero-order valence-electron chi connectivity index (χ0n) is 21.3. The minimum Gasteiger partial charge on any atom is -0.477 e. The van der Waals surface area contributed by atoms with Crippen molar-refractivity contribution in [3.8, 4) is 0 Å². The van der Waals surface area contributed by atoms with Gasteiger partial charge < -0.3 is 31.0 Å². The van der Waals surface area contributed by atoms with E-state index < -0.39 is 34.9 Å². The van der Waals surface area contributed by atoms with Crippen molar-refractivity contribution in [3.05, 3.63) is 32.8 Å². The van der Waals surface area contributed by atoms with E-state index in [0.717, 1.165) is 41.4 Å². The molecule has 0 saturated carbocycles. The molecule has 3 atom stereocenters. The van der Waals surface area contributed by atoms with Crippen molar-refractivity contribution in [1.82, 2.24) is 20.1 Å². The van der Waals surface area contributed by atoms with E-state index in [1.165, 1.54) is 23.5 Å². The number of methoxy groups -OCH3 is 1. The summed E-state index contributed by atoms with van der Waals surface area (Å²) in [6, 6.07) is -0.804. The van der Waals surface area contributed by atoms with Crippen LogP contribution in [0.1, 0.15) is 25.0 Å². The normalized spacial score (nSPS) is 23.0. The lowest BCUT2D eigenvalue weighted by atomic mass is 10.0. The lowest BCUT2D eigenvalue weighted by Gasteiger charge is -2.49. The third-order valence-electron chi connectivity index (χ3n) is 6.55. The number of anilines is 1. The minimum atomic E-state index is -1.25. The summed E-state index contributed by atoms with van der Waals surface area (Å²) < 4.78 is 5.13. The monoisotopic (exact) mass is 629 g/mol. The molecule has 6 N–H and O–H groups in total. The fraction of sp³-hybridized carbons (Fsp3) is 0.478. The van der Waals surface area contributed by atoms with E-state index in [0.29, 0.717) is 30.2 Å². The zero-order valence-corrected chi connectivity index (χ0v) is 24.5.